The minimum atomic E-state index is -0.930. The Morgan fingerprint density at radius 3 is 2.57 bits per heavy atom. The molecule has 0 saturated carbocycles. The molecule has 1 heterocycles. The topological polar surface area (TPSA) is 146 Å². The quantitative estimate of drug-likeness (QED) is 0.429. The van der Waals surface area contributed by atoms with Gasteiger partial charge in [0.15, 0.2) is 18.1 Å². The van der Waals surface area contributed by atoms with E-state index < -0.39 is 29.4 Å². The number of esters is 1. The summed E-state index contributed by atoms with van der Waals surface area (Å²) < 4.78 is 15.6. The number of rotatable bonds is 5. The highest BCUT2D eigenvalue weighted by molar-refractivity contribution is 6.02. The fourth-order valence-corrected chi connectivity index (χ4v) is 2.59. The highest BCUT2D eigenvalue weighted by Gasteiger charge is 2.18. The Bertz CT molecular complexity index is 1020. The van der Waals surface area contributed by atoms with Crippen LogP contribution in [0.25, 0.3) is 0 Å². The zero-order valence-electron chi connectivity index (χ0n) is 15.8. The van der Waals surface area contributed by atoms with Gasteiger partial charge in [0.2, 0.25) is 0 Å². The molecule has 0 atom stereocenters. The second kappa shape index (κ2) is 8.90. The highest BCUT2D eigenvalue weighted by atomic mass is 16.6. The lowest BCUT2D eigenvalue weighted by Gasteiger charge is -2.19. The number of hydrogen-bond acceptors (Lipinski definition) is 8. The predicted octanol–water partition coefficient (Wildman–Crippen LogP) is 2.18. The van der Waals surface area contributed by atoms with Crippen LogP contribution in [0.2, 0.25) is 0 Å². The van der Waals surface area contributed by atoms with E-state index in [2.05, 4.69) is 5.32 Å². The van der Waals surface area contributed by atoms with Gasteiger partial charge in [-0.3, -0.25) is 20.2 Å². The lowest BCUT2D eigenvalue weighted by Crippen LogP contribution is -2.37. The summed E-state index contributed by atoms with van der Waals surface area (Å²) in [5.74, 6) is -0.793. The third kappa shape index (κ3) is 5.01. The van der Waals surface area contributed by atoms with Crippen molar-refractivity contribution in [1.29, 1.82) is 0 Å². The van der Waals surface area contributed by atoms with E-state index in [1.165, 1.54) is 19.1 Å². The Morgan fingerprint density at radius 1 is 1.10 bits per heavy atom. The normalized spacial score (nSPS) is 11.9. The molecule has 11 heteroatoms. The largest absolute Gasteiger partial charge is 0.486 e. The first-order valence-corrected chi connectivity index (χ1v) is 8.76. The van der Waals surface area contributed by atoms with Crippen LogP contribution in [-0.4, -0.2) is 42.7 Å². The van der Waals surface area contributed by atoms with E-state index in [1.54, 1.807) is 18.2 Å². The van der Waals surface area contributed by atoms with E-state index in [0.717, 1.165) is 6.07 Å². The Balaban J connectivity index is 1.50. The monoisotopic (exact) mass is 415 g/mol. The van der Waals surface area contributed by atoms with E-state index in [-0.39, 0.29) is 11.3 Å². The summed E-state index contributed by atoms with van der Waals surface area (Å²) in [5, 5.41) is 15.4. The van der Waals surface area contributed by atoms with Crippen molar-refractivity contribution in [2.45, 2.75) is 6.92 Å². The molecule has 3 amide bonds. The van der Waals surface area contributed by atoms with Gasteiger partial charge in [-0.25, -0.2) is 9.59 Å². The van der Waals surface area contributed by atoms with Gasteiger partial charge >= 0.3 is 12.0 Å². The number of hydrogen-bond donors (Lipinski definition) is 2. The van der Waals surface area contributed by atoms with Crippen molar-refractivity contribution in [3.8, 4) is 11.5 Å². The van der Waals surface area contributed by atoms with Crippen molar-refractivity contribution in [3.05, 3.63) is 57.6 Å². The van der Waals surface area contributed by atoms with Crippen molar-refractivity contribution in [3.63, 3.8) is 0 Å². The minimum absolute atomic E-state index is 0.0826. The minimum Gasteiger partial charge on any atom is -0.486 e. The van der Waals surface area contributed by atoms with Crippen molar-refractivity contribution >= 4 is 29.3 Å². The molecule has 2 aromatic carbocycles. The summed E-state index contributed by atoms with van der Waals surface area (Å²) in [5.41, 5.74) is 0.423. The maximum atomic E-state index is 12.0. The number of anilines is 1. The molecule has 3 rings (SSSR count). The van der Waals surface area contributed by atoms with E-state index in [0.29, 0.717) is 36.0 Å². The van der Waals surface area contributed by atoms with Gasteiger partial charge in [0.1, 0.15) is 13.2 Å². The number of carbonyl (C=O) groups excluding carboxylic acids is 3. The number of nitro groups is 1. The molecule has 2 N–H and O–H groups in total. The van der Waals surface area contributed by atoms with Crippen LogP contribution >= 0.6 is 0 Å². The maximum absolute atomic E-state index is 12.0. The third-order valence-corrected chi connectivity index (χ3v) is 4.03. The van der Waals surface area contributed by atoms with Gasteiger partial charge in [-0.2, -0.15) is 0 Å². The van der Waals surface area contributed by atoms with Crippen molar-refractivity contribution in [2.24, 2.45) is 0 Å². The number of ether oxygens (including phenoxy) is 3. The Hall–Kier alpha value is -4.15. The standard InChI is InChI=1S/C19H17N3O8/c1-11-2-3-12(8-14(11)22(26)27)18(24)30-10-17(23)21-19(25)20-13-4-5-15-16(9-13)29-7-6-28-15/h2-5,8-9H,6-7,10H2,1H3,(H2,20,21,23,25). The van der Waals surface area contributed by atoms with E-state index >= 15 is 0 Å². The molecule has 156 valence electrons. The van der Waals surface area contributed by atoms with Gasteiger partial charge in [0.05, 0.1) is 10.5 Å². The first-order valence-electron chi connectivity index (χ1n) is 8.76. The fraction of sp³-hybridized carbons (Fsp3) is 0.211. The number of amides is 3. The maximum Gasteiger partial charge on any atom is 0.338 e. The lowest BCUT2D eigenvalue weighted by atomic mass is 10.1. The van der Waals surface area contributed by atoms with Gasteiger partial charge in [-0.05, 0) is 25.1 Å². The van der Waals surface area contributed by atoms with Gasteiger partial charge in [-0.1, -0.05) is 6.07 Å². The fourth-order valence-electron chi connectivity index (χ4n) is 2.59. The van der Waals surface area contributed by atoms with Crippen molar-refractivity contribution in [1.82, 2.24) is 5.32 Å². The van der Waals surface area contributed by atoms with Gasteiger partial charge in [-0.15, -0.1) is 0 Å². The molecule has 0 fully saturated rings. The molecule has 0 spiro atoms. The van der Waals surface area contributed by atoms with Crippen LogP contribution < -0.4 is 20.1 Å². The molecule has 0 bridgehead atoms. The summed E-state index contributed by atoms with van der Waals surface area (Å²) in [7, 11) is 0. The van der Waals surface area contributed by atoms with Crippen LogP contribution in [-0.2, 0) is 9.53 Å². The number of urea groups is 1. The van der Waals surface area contributed by atoms with E-state index in [9.17, 15) is 24.5 Å². The number of carbonyl (C=O) groups is 3. The molecular formula is C19H17N3O8. The number of imide groups is 1. The highest BCUT2D eigenvalue weighted by Crippen LogP contribution is 2.32. The number of nitrogens with zero attached hydrogens (tertiary/aromatic N) is 1. The molecule has 0 saturated heterocycles. The molecular weight excluding hydrogens is 398 g/mol. The third-order valence-electron chi connectivity index (χ3n) is 4.03. The average Bonchev–Trinajstić information content (AvgIpc) is 2.72. The first-order chi connectivity index (χ1) is 14.3. The SMILES string of the molecule is Cc1ccc(C(=O)OCC(=O)NC(=O)Nc2ccc3c(c2)OCCO3)cc1[N+](=O)[O-]. The molecule has 30 heavy (non-hydrogen) atoms. The van der Waals surface area contributed by atoms with Crippen LogP contribution in [0.5, 0.6) is 11.5 Å². The van der Waals surface area contributed by atoms with Crippen LogP contribution in [0.1, 0.15) is 15.9 Å². The average molecular weight is 415 g/mol. The zero-order chi connectivity index (χ0) is 21.7. The number of benzene rings is 2. The van der Waals surface area contributed by atoms with Gasteiger partial charge < -0.3 is 19.5 Å². The van der Waals surface area contributed by atoms with Gasteiger partial charge in [0.25, 0.3) is 11.6 Å². The summed E-state index contributed by atoms with van der Waals surface area (Å²) in [4.78, 5) is 46.1. The molecule has 2 aromatic rings. The number of nitro benzene ring substituents is 1. The second-order valence-electron chi connectivity index (χ2n) is 6.20. The molecule has 1 aliphatic heterocycles. The van der Waals surface area contributed by atoms with Crippen LogP contribution in [0.15, 0.2) is 36.4 Å². The summed E-state index contributed by atoms with van der Waals surface area (Å²) in [6.07, 6.45) is 0. The molecule has 11 nitrogen and oxygen atoms in total. The first kappa shape index (κ1) is 20.6. The Labute approximate surface area is 170 Å². The molecule has 0 unspecified atom stereocenters. The number of nitrogens with one attached hydrogen (secondary N) is 2. The summed E-state index contributed by atoms with van der Waals surface area (Å²) in [6.45, 7) is 1.61. The van der Waals surface area contributed by atoms with Crippen LogP contribution in [0.3, 0.4) is 0 Å². The van der Waals surface area contributed by atoms with Crippen molar-refractivity contribution in [2.75, 3.05) is 25.1 Å². The summed E-state index contributed by atoms with van der Waals surface area (Å²) >= 11 is 0. The second-order valence-corrected chi connectivity index (χ2v) is 6.20. The smallest absolute Gasteiger partial charge is 0.338 e. The van der Waals surface area contributed by atoms with E-state index in [1.807, 2.05) is 5.32 Å². The Kier molecular flexibility index (Phi) is 6.11. The van der Waals surface area contributed by atoms with Crippen molar-refractivity contribution < 1.29 is 33.5 Å². The lowest BCUT2D eigenvalue weighted by molar-refractivity contribution is -0.385. The van der Waals surface area contributed by atoms with E-state index in [4.69, 9.17) is 14.2 Å². The zero-order valence-corrected chi connectivity index (χ0v) is 15.8. The summed E-state index contributed by atoms with van der Waals surface area (Å²) in [6, 6.07) is 7.70. The molecule has 0 aromatic heterocycles. The molecule has 0 radical (unpaired) electrons. The number of fused-ring (bicyclic) bond motifs is 1. The van der Waals surface area contributed by atoms with Gasteiger partial charge in [0, 0.05) is 23.4 Å². The van der Waals surface area contributed by atoms with Crippen LogP contribution in [0.4, 0.5) is 16.2 Å². The molecule has 0 aliphatic carbocycles. The Morgan fingerprint density at radius 2 is 1.83 bits per heavy atom. The predicted molar refractivity (Wildman–Crippen MR) is 103 cm³/mol. The number of aryl methyl sites for hydroxylation is 1. The molecule has 1 aliphatic rings. The van der Waals surface area contributed by atoms with Crippen LogP contribution in [0, 0.1) is 17.0 Å².